The molecule has 0 spiro atoms. The molecular weight excluding hydrogens is 220 g/mol. The fraction of sp³-hybridized carbons (Fsp3) is 0.176. The van der Waals surface area contributed by atoms with Crippen molar-refractivity contribution in [2.24, 2.45) is 0 Å². The maximum atomic E-state index is 5.33. The molecule has 3 rings (SSSR count). The van der Waals surface area contributed by atoms with E-state index >= 15 is 0 Å². The zero-order valence-corrected chi connectivity index (χ0v) is 10.9. The zero-order valence-electron chi connectivity index (χ0n) is 10.9. The highest BCUT2D eigenvalue weighted by Crippen LogP contribution is 2.33. The number of aryl methyl sites for hydroxylation is 2. The normalized spacial score (nSPS) is 11.1. The van der Waals surface area contributed by atoms with Crippen molar-refractivity contribution >= 4 is 21.5 Å². The van der Waals surface area contributed by atoms with Gasteiger partial charge in [-0.25, -0.2) is 0 Å². The Morgan fingerprint density at radius 2 is 1.28 bits per heavy atom. The van der Waals surface area contributed by atoms with Crippen molar-refractivity contribution in [3.8, 4) is 5.75 Å². The zero-order chi connectivity index (χ0) is 12.7. The predicted molar refractivity (Wildman–Crippen MR) is 77.5 cm³/mol. The summed E-state index contributed by atoms with van der Waals surface area (Å²) in [4.78, 5) is 0. The Kier molecular flexibility index (Phi) is 2.48. The summed E-state index contributed by atoms with van der Waals surface area (Å²) in [5.74, 6) is 0.917. The Bertz CT molecular complexity index is 741. The first-order valence-electron chi connectivity index (χ1n) is 6.18. The van der Waals surface area contributed by atoms with Gasteiger partial charge >= 0.3 is 0 Å². The van der Waals surface area contributed by atoms with Gasteiger partial charge in [0.15, 0.2) is 0 Å². The van der Waals surface area contributed by atoms with Gasteiger partial charge in [-0.2, -0.15) is 0 Å². The van der Waals surface area contributed by atoms with Crippen LogP contribution in [0.2, 0.25) is 0 Å². The van der Waals surface area contributed by atoms with E-state index < -0.39 is 0 Å². The van der Waals surface area contributed by atoms with Crippen molar-refractivity contribution in [1.29, 1.82) is 0 Å². The average Bonchev–Trinajstić information content (AvgIpc) is 2.44. The summed E-state index contributed by atoms with van der Waals surface area (Å²) in [5, 5.41) is 5.26. The summed E-state index contributed by atoms with van der Waals surface area (Å²) < 4.78 is 5.33. The Balaban J connectivity index is 2.54. The Labute approximate surface area is 107 Å². The lowest BCUT2D eigenvalue weighted by molar-refractivity contribution is 0.415. The summed E-state index contributed by atoms with van der Waals surface area (Å²) in [6, 6.07) is 14.9. The van der Waals surface area contributed by atoms with Crippen molar-refractivity contribution in [2.75, 3.05) is 7.11 Å². The van der Waals surface area contributed by atoms with Crippen LogP contribution in [0.4, 0.5) is 0 Å². The number of benzene rings is 3. The molecule has 0 atom stereocenters. The van der Waals surface area contributed by atoms with Gasteiger partial charge in [0, 0.05) is 0 Å². The quantitative estimate of drug-likeness (QED) is 0.560. The number of fused-ring (bicyclic) bond motifs is 2. The van der Waals surface area contributed by atoms with E-state index in [1.807, 2.05) is 6.07 Å². The molecule has 0 fully saturated rings. The van der Waals surface area contributed by atoms with Crippen LogP contribution in [0.1, 0.15) is 11.1 Å². The summed E-state index contributed by atoms with van der Waals surface area (Å²) in [6.07, 6.45) is 0. The smallest absolute Gasteiger partial charge is 0.119 e. The van der Waals surface area contributed by atoms with Crippen molar-refractivity contribution < 1.29 is 4.74 Å². The third-order valence-corrected chi connectivity index (χ3v) is 3.77. The van der Waals surface area contributed by atoms with Gasteiger partial charge < -0.3 is 4.74 Å². The lowest BCUT2D eigenvalue weighted by atomic mass is 9.93. The fourth-order valence-corrected chi connectivity index (χ4v) is 2.71. The Morgan fingerprint density at radius 3 is 1.89 bits per heavy atom. The number of methoxy groups -OCH3 is 1. The topological polar surface area (TPSA) is 9.23 Å². The monoisotopic (exact) mass is 236 g/mol. The number of hydrogen-bond acceptors (Lipinski definition) is 1. The van der Waals surface area contributed by atoms with Crippen LogP contribution < -0.4 is 4.74 Å². The Hall–Kier alpha value is -2.02. The van der Waals surface area contributed by atoms with E-state index in [1.165, 1.54) is 32.7 Å². The van der Waals surface area contributed by atoms with E-state index in [4.69, 9.17) is 4.74 Å². The number of ether oxygens (including phenoxy) is 1. The molecule has 0 N–H and O–H groups in total. The second kappa shape index (κ2) is 4.02. The van der Waals surface area contributed by atoms with Crippen molar-refractivity contribution in [3.63, 3.8) is 0 Å². The molecule has 0 aliphatic rings. The summed E-state index contributed by atoms with van der Waals surface area (Å²) in [7, 11) is 1.71. The van der Waals surface area contributed by atoms with Gasteiger partial charge in [-0.05, 0) is 58.7 Å². The molecule has 3 aromatic carbocycles. The van der Waals surface area contributed by atoms with Gasteiger partial charge in [-0.15, -0.1) is 0 Å². The van der Waals surface area contributed by atoms with Crippen molar-refractivity contribution in [1.82, 2.24) is 0 Å². The average molecular weight is 236 g/mol. The highest BCUT2D eigenvalue weighted by Gasteiger charge is 2.08. The first-order chi connectivity index (χ1) is 8.72. The van der Waals surface area contributed by atoms with Crippen LogP contribution in [0, 0.1) is 13.8 Å². The molecule has 0 unspecified atom stereocenters. The second-order valence-electron chi connectivity index (χ2n) is 4.71. The minimum absolute atomic E-state index is 0.917. The van der Waals surface area contributed by atoms with Crippen LogP contribution in [-0.2, 0) is 0 Å². The molecule has 18 heavy (non-hydrogen) atoms. The SMILES string of the molecule is COc1ccc2c(C)c3ccccc3c(C)c2c1. The van der Waals surface area contributed by atoms with Crippen LogP contribution in [0.15, 0.2) is 42.5 Å². The minimum Gasteiger partial charge on any atom is -0.497 e. The van der Waals surface area contributed by atoms with Gasteiger partial charge in [0.1, 0.15) is 5.75 Å². The van der Waals surface area contributed by atoms with E-state index in [2.05, 4.69) is 50.2 Å². The molecule has 0 aliphatic carbocycles. The molecular formula is C17H16O. The van der Waals surface area contributed by atoms with E-state index in [0.717, 1.165) is 5.75 Å². The third kappa shape index (κ3) is 1.47. The first-order valence-corrected chi connectivity index (χ1v) is 6.18. The van der Waals surface area contributed by atoms with Gasteiger partial charge in [0.2, 0.25) is 0 Å². The lowest BCUT2D eigenvalue weighted by Crippen LogP contribution is -1.89. The molecule has 0 amide bonds. The van der Waals surface area contributed by atoms with E-state index in [9.17, 15) is 0 Å². The molecule has 0 aliphatic heterocycles. The van der Waals surface area contributed by atoms with Crippen molar-refractivity contribution in [3.05, 3.63) is 53.6 Å². The number of rotatable bonds is 1. The fourth-order valence-electron chi connectivity index (χ4n) is 2.71. The third-order valence-electron chi connectivity index (χ3n) is 3.77. The standard InChI is InChI=1S/C17H16O/c1-11-14-6-4-5-7-15(14)12(2)17-10-13(18-3)8-9-16(11)17/h4-10H,1-3H3. The summed E-state index contributed by atoms with van der Waals surface area (Å²) in [6.45, 7) is 4.38. The highest BCUT2D eigenvalue weighted by atomic mass is 16.5. The summed E-state index contributed by atoms with van der Waals surface area (Å²) >= 11 is 0. The minimum atomic E-state index is 0.917. The molecule has 0 radical (unpaired) electrons. The van der Waals surface area contributed by atoms with Gasteiger partial charge in [0.05, 0.1) is 7.11 Å². The first kappa shape index (κ1) is 11.1. The maximum absolute atomic E-state index is 5.33. The van der Waals surface area contributed by atoms with Crippen LogP contribution in [0.25, 0.3) is 21.5 Å². The molecule has 1 nitrogen and oxygen atoms in total. The maximum Gasteiger partial charge on any atom is 0.119 e. The largest absolute Gasteiger partial charge is 0.497 e. The van der Waals surface area contributed by atoms with Gasteiger partial charge in [-0.1, -0.05) is 30.3 Å². The predicted octanol–water partition coefficient (Wildman–Crippen LogP) is 4.62. The van der Waals surface area contributed by atoms with Crippen LogP contribution in [-0.4, -0.2) is 7.11 Å². The molecule has 0 aromatic heterocycles. The summed E-state index contributed by atoms with van der Waals surface area (Å²) in [5.41, 5.74) is 2.67. The van der Waals surface area contributed by atoms with E-state index in [0.29, 0.717) is 0 Å². The van der Waals surface area contributed by atoms with Crippen LogP contribution >= 0.6 is 0 Å². The van der Waals surface area contributed by atoms with E-state index in [1.54, 1.807) is 7.11 Å². The van der Waals surface area contributed by atoms with Gasteiger partial charge in [0.25, 0.3) is 0 Å². The van der Waals surface area contributed by atoms with Crippen molar-refractivity contribution in [2.45, 2.75) is 13.8 Å². The molecule has 3 aromatic rings. The highest BCUT2D eigenvalue weighted by molar-refractivity contribution is 6.05. The van der Waals surface area contributed by atoms with Gasteiger partial charge in [-0.3, -0.25) is 0 Å². The second-order valence-corrected chi connectivity index (χ2v) is 4.71. The molecule has 0 saturated carbocycles. The molecule has 90 valence electrons. The van der Waals surface area contributed by atoms with E-state index in [-0.39, 0.29) is 0 Å². The lowest BCUT2D eigenvalue weighted by Gasteiger charge is -2.12. The molecule has 0 saturated heterocycles. The van der Waals surface area contributed by atoms with Crippen LogP contribution in [0.3, 0.4) is 0 Å². The Morgan fingerprint density at radius 1 is 0.722 bits per heavy atom. The van der Waals surface area contributed by atoms with Crippen LogP contribution in [0.5, 0.6) is 5.75 Å². The molecule has 1 heteroatoms. The molecule has 0 bridgehead atoms. The number of hydrogen-bond donors (Lipinski definition) is 0. The molecule has 0 heterocycles.